The lowest BCUT2D eigenvalue weighted by molar-refractivity contribution is -0.145. The number of carbonyl (C=O) groups excluding carboxylic acids is 1. The zero-order valence-electron chi connectivity index (χ0n) is 11.1. The number of likely N-dealkylation sites (tertiary alicyclic amines) is 1. The van der Waals surface area contributed by atoms with Crippen molar-refractivity contribution in [3.63, 3.8) is 0 Å². The first-order chi connectivity index (χ1) is 9.06. The van der Waals surface area contributed by atoms with E-state index in [4.69, 9.17) is 5.11 Å². The number of piperidine rings is 1. The first kappa shape index (κ1) is 13.6. The molecule has 104 valence electrons. The van der Waals surface area contributed by atoms with E-state index in [1.165, 1.54) is 0 Å². The minimum Gasteiger partial charge on any atom is -0.481 e. The molecule has 2 heterocycles. The molecule has 6 heteroatoms. The van der Waals surface area contributed by atoms with Crippen LogP contribution in [-0.2, 0) is 16.1 Å². The summed E-state index contributed by atoms with van der Waals surface area (Å²) in [6, 6.07) is 0. The minimum absolute atomic E-state index is 0.0131. The lowest BCUT2D eigenvalue weighted by Crippen LogP contribution is -2.42. The van der Waals surface area contributed by atoms with Crippen molar-refractivity contribution in [3.05, 3.63) is 18.0 Å². The fraction of sp³-hybridized carbons (Fsp3) is 0.615. The molecule has 0 bridgehead atoms. The van der Waals surface area contributed by atoms with Crippen LogP contribution in [0.2, 0.25) is 0 Å². The average molecular weight is 265 g/mol. The van der Waals surface area contributed by atoms with E-state index < -0.39 is 11.9 Å². The Hall–Kier alpha value is -1.85. The highest BCUT2D eigenvalue weighted by molar-refractivity contribution is 5.77. The summed E-state index contributed by atoms with van der Waals surface area (Å²) in [5, 5.41) is 13.1. The quantitative estimate of drug-likeness (QED) is 0.877. The molecule has 2 rings (SSSR count). The van der Waals surface area contributed by atoms with E-state index in [-0.39, 0.29) is 5.91 Å². The lowest BCUT2D eigenvalue weighted by Gasteiger charge is -2.30. The normalized spacial score (nSPS) is 19.4. The first-order valence-corrected chi connectivity index (χ1v) is 6.56. The zero-order valence-corrected chi connectivity index (χ0v) is 11.1. The van der Waals surface area contributed by atoms with Crippen molar-refractivity contribution in [1.29, 1.82) is 0 Å². The van der Waals surface area contributed by atoms with Crippen molar-refractivity contribution in [1.82, 2.24) is 14.7 Å². The third-order valence-corrected chi connectivity index (χ3v) is 3.44. The van der Waals surface area contributed by atoms with Gasteiger partial charge in [0.1, 0.15) is 0 Å². The molecule has 1 N–H and O–H groups in total. The van der Waals surface area contributed by atoms with Gasteiger partial charge in [-0.3, -0.25) is 14.3 Å². The van der Waals surface area contributed by atoms with Gasteiger partial charge in [-0.05, 0) is 25.3 Å². The summed E-state index contributed by atoms with van der Waals surface area (Å²) >= 11 is 0. The van der Waals surface area contributed by atoms with Crippen LogP contribution in [0.1, 0.15) is 24.8 Å². The van der Waals surface area contributed by atoms with Gasteiger partial charge in [0.05, 0.1) is 12.1 Å². The van der Waals surface area contributed by atoms with Gasteiger partial charge in [0.2, 0.25) is 5.91 Å². The summed E-state index contributed by atoms with van der Waals surface area (Å²) in [6.07, 6.45) is 5.45. The molecular formula is C13H19N3O3. The second-order valence-corrected chi connectivity index (χ2v) is 5.05. The van der Waals surface area contributed by atoms with E-state index in [0.29, 0.717) is 32.5 Å². The van der Waals surface area contributed by atoms with Crippen molar-refractivity contribution >= 4 is 11.9 Å². The fourth-order valence-electron chi connectivity index (χ4n) is 2.36. The number of aromatic nitrogens is 2. The number of carbonyl (C=O) groups is 2. The number of carboxylic acid groups (broad SMARTS) is 1. The molecule has 1 atom stereocenters. The molecule has 1 aromatic heterocycles. The largest absolute Gasteiger partial charge is 0.481 e. The Morgan fingerprint density at radius 3 is 2.95 bits per heavy atom. The van der Waals surface area contributed by atoms with Crippen molar-refractivity contribution in [3.8, 4) is 0 Å². The molecule has 1 saturated heterocycles. The molecule has 0 aliphatic carbocycles. The Balaban J connectivity index is 1.84. The Bertz CT molecular complexity index is 469. The van der Waals surface area contributed by atoms with Gasteiger partial charge in [-0.25, -0.2) is 0 Å². The van der Waals surface area contributed by atoms with Crippen molar-refractivity contribution in [2.75, 3.05) is 13.1 Å². The molecule has 0 saturated carbocycles. The fourth-order valence-corrected chi connectivity index (χ4v) is 2.36. The second-order valence-electron chi connectivity index (χ2n) is 5.05. The molecule has 1 aliphatic heterocycles. The topological polar surface area (TPSA) is 75.4 Å². The van der Waals surface area contributed by atoms with Crippen LogP contribution in [0.5, 0.6) is 0 Å². The van der Waals surface area contributed by atoms with Gasteiger partial charge in [0.15, 0.2) is 0 Å². The third-order valence-electron chi connectivity index (χ3n) is 3.44. The van der Waals surface area contributed by atoms with E-state index in [1.54, 1.807) is 15.8 Å². The van der Waals surface area contributed by atoms with Gasteiger partial charge in [-0.1, -0.05) is 0 Å². The molecule has 0 aromatic carbocycles. The highest BCUT2D eigenvalue weighted by Crippen LogP contribution is 2.17. The van der Waals surface area contributed by atoms with Crippen LogP contribution in [0.15, 0.2) is 12.4 Å². The SMILES string of the molecule is Cc1cnn(CCC(=O)N2CCC[C@H](C(=O)O)C2)c1. The maximum Gasteiger partial charge on any atom is 0.308 e. The Labute approximate surface area is 112 Å². The van der Waals surface area contributed by atoms with Gasteiger partial charge in [-0.2, -0.15) is 5.10 Å². The van der Waals surface area contributed by atoms with Gasteiger partial charge in [0, 0.05) is 32.3 Å². The van der Waals surface area contributed by atoms with Crippen LogP contribution in [-0.4, -0.2) is 44.8 Å². The molecule has 1 aromatic rings. The number of carboxylic acids is 1. The average Bonchev–Trinajstić information content (AvgIpc) is 2.82. The highest BCUT2D eigenvalue weighted by Gasteiger charge is 2.27. The van der Waals surface area contributed by atoms with E-state index in [9.17, 15) is 9.59 Å². The summed E-state index contributed by atoms with van der Waals surface area (Å²) in [4.78, 5) is 24.7. The number of aliphatic carboxylic acids is 1. The maximum absolute atomic E-state index is 12.0. The predicted molar refractivity (Wildman–Crippen MR) is 68.5 cm³/mol. The molecular weight excluding hydrogens is 246 g/mol. The van der Waals surface area contributed by atoms with E-state index in [1.807, 2.05) is 13.1 Å². The number of aryl methyl sites for hydroxylation is 2. The summed E-state index contributed by atoms with van der Waals surface area (Å²) in [5.41, 5.74) is 1.07. The van der Waals surface area contributed by atoms with E-state index >= 15 is 0 Å². The first-order valence-electron chi connectivity index (χ1n) is 6.56. The molecule has 1 fully saturated rings. The number of nitrogens with zero attached hydrogens (tertiary/aromatic N) is 3. The van der Waals surface area contributed by atoms with Crippen LogP contribution < -0.4 is 0 Å². The number of hydrogen-bond donors (Lipinski definition) is 1. The summed E-state index contributed by atoms with van der Waals surface area (Å²) in [6.45, 7) is 3.50. The van der Waals surface area contributed by atoms with Gasteiger partial charge in [0.25, 0.3) is 0 Å². The smallest absolute Gasteiger partial charge is 0.308 e. The lowest BCUT2D eigenvalue weighted by atomic mass is 9.98. The molecule has 19 heavy (non-hydrogen) atoms. The van der Waals surface area contributed by atoms with E-state index in [0.717, 1.165) is 12.0 Å². The molecule has 0 unspecified atom stereocenters. The van der Waals surface area contributed by atoms with Crippen LogP contribution in [0.4, 0.5) is 0 Å². The molecule has 1 aliphatic rings. The molecule has 0 radical (unpaired) electrons. The standard InChI is InChI=1S/C13H19N3O3/c1-10-7-14-16(8-10)6-4-12(17)15-5-2-3-11(9-15)13(18)19/h7-8,11H,2-6,9H2,1H3,(H,18,19)/t11-/m0/s1. The third kappa shape index (κ3) is 3.56. The van der Waals surface area contributed by atoms with Crippen molar-refractivity contribution in [2.45, 2.75) is 32.7 Å². The molecule has 6 nitrogen and oxygen atoms in total. The molecule has 1 amide bonds. The number of hydrogen-bond acceptors (Lipinski definition) is 3. The van der Waals surface area contributed by atoms with Gasteiger partial charge >= 0.3 is 5.97 Å². The molecule has 0 spiro atoms. The zero-order chi connectivity index (χ0) is 13.8. The highest BCUT2D eigenvalue weighted by atomic mass is 16.4. The summed E-state index contributed by atoms with van der Waals surface area (Å²) < 4.78 is 1.74. The number of rotatable bonds is 4. The van der Waals surface area contributed by atoms with Crippen LogP contribution in [0.25, 0.3) is 0 Å². The summed E-state index contributed by atoms with van der Waals surface area (Å²) in [5.74, 6) is -1.20. The Morgan fingerprint density at radius 1 is 1.53 bits per heavy atom. The van der Waals surface area contributed by atoms with E-state index in [2.05, 4.69) is 5.10 Å². The van der Waals surface area contributed by atoms with Gasteiger partial charge < -0.3 is 10.0 Å². The maximum atomic E-state index is 12.0. The second kappa shape index (κ2) is 5.86. The van der Waals surface area contributed by atoms with Crippen LogP contribution in [0, 0.1) is 12.8 Å². The predicted octanol–water partition coefficient (Wildman–Crippen LogP) is 0.905. The van der Waals surface area contributed by atoms with Crippen molar-refractivity contribution in [2.24, 2.45) is 5.92 Å². The van der Waals surface area contributed by atoms with Crippen LogP contribution in [0.3, 0.4) is 0 Å². The minimum atomic E-state index is -0.805. The Morgan fingerprint density at radius 2 is 2.32 bits per heavy atom. The summed E-state index contributed by atoms with van der Waals surface area (Å²) in [7, 11) is 0. The monoisotopic (exact) mass is 265 g/mol. The Kier molecular flexibility index (Phi) is 4.19. The van der Waals surface area contributed by atoms with Crippen molar-refractivity contribution < 1.29 is 14.7 Å². The number of amides is 1. The van der Waals surface area contributed by atoms with Crippen LogP contribution >= 0.6 is 0 Å². The van der Waals surface area contributed by atoms with Gasteiger partial charge in [-0.15, -0.1) is 0 Å².